The molecule has 0 bridgehead atoms. The highest BCUT2D eigenvalue weighted by atomic mass is 16.5. The van der Waals surface area contributed by atoms with Crippen LogP contribution in [0.4, 0.5) is 11.4 Å². The van der Waals surface area contributed by atoms with Crippen molar-refractivity contribution in [3.05, 3.63) is 17.7 Å². The molecule has 3 rings (SSSR count). The summed E-state index contributed by atoms with van der Waals surface area (Å²) in [4.78, 5) is 23.4. The van der Waals surface area contributed by atoms with Crippen molar-refractivity contribution in [1.82, 2.24) is 0 Å². The van der Waals surface area contributed by atoms with Gasteiger partial charge in [-0.1, -0.05) is 12.8 Å². The minimum Gasteiger partial charge on any atom is -0.494 e. The van der Waals surface area contributed by atoms with Gasteiger partial charge in [0.1, 0.15) is 5.75 Å². The van der Waals surface area contributed by atoms with Gasteiger partial charge >= 0.3 is 0 Å². The predicted molar refractivity (Wildman–Crippen MR) is 85.2 cm³/mol. The molecular formula is C17H22N2O3. The molecule has 0 spiro atoms. The summed E-state index contributed by atoms with van der Waals surface area (Å²) in [5.74, 6) is 1.31. The monoisotopic (exact) mass is 302 g/mol. The van der Waals surface area contributed by atoms with Crippen LogP contribution in [0, 0.1) is 5.92 Å². The molecule has 1 aromatic carbocycles. The van der Waals surface area contributed by atoms with Crippen LogP contribution in [0.25, 0.3) is 0 Å². The van der Waals surface area contributed by atoms with E-state index in [1.54, 1.807) is 7.11 Å². The second-order valence-electron chi connectivity index (χ2n) is 6.22. The first-order valence-electron chi connectivity index (χ1n) is 7.88. The SMILES string of the molecule is COc1cc2c(cc1NC(C)=O)C(C1CCCC1)CC(=O)N2. The van der Waals surface area contributed by atoms with E-state index in [0.29, 0.717) is 23.8 Å². The van der Waals surface area contributed by atoms with E-state index in [-0.39, 0.29) is 17.7 Å². The molecule has 5 nitrogen and oxygen atoms in total. The van der Waals surface area contributed by atoms with E-state index in [4.69, 9.17) is 4.74 Å². The number of fused-ring (bicyclic) bond motifs is 1. The molecule has 2 N–H and O–H groups in total. The third kappa shape index (κ3) is 2.80. The molecule has 1 aliphatic carbocycles. The first kappa shape index (κ1) is 14.9. The van der Waals surface area contributed by atoms with E-state index in [2.05, 4.69) is 10.6 Å². The molecule has 1 fully saturated rings. The van der Waals surface area contributed by atoms with Gasteiger partial charge in [0.05, 0.1) is 12.8 Å². The van der Waals surface area contributed by atoms with Gasteiger partial charge in [0.25, 0.3) is 0 Å². The minimum atomic E-state index is -0.129. The zero-order valence-electron chi connectivity index (χ0n) is 13.1. The molecule has 22 heavy (non-hydrogen) atoms. The summed E-state index contributed by atoms with van der Waals surface area (Å²) in [6.45, 7) is 1.48. The van der Waals surface area contributed by atoms with Gasteiger partial charge in [0.2, 0.25) is 11.8 Å². The van der Waals surface area contributed by atoms with Crippen molar-refractivity contribution in [1.29, 1.82) is 0 Å². The second kappa shape index (κ2) is 5.99. The summed E-state index contributed by atoms with van der Waals surface area (Å²) >= 11 is 0. The fourth-order valence-corrected chi connectivity index (χ4v) is 3.76. The van der Waals surface area contributed by atoms with Crippen LogP contribution in [0.5, 0.6) is 5.75 Å². The summed E-state index contributed by atoms with van der Waals surface area (Å²) in [6.07, 6.45) is 5.38. The zero-order chi connectivity index (χ0) is 15.7. The number of hydrogen-bond acceptors (Lipinski definition) is 3. The van der Waals surface area contributed by atoms with Crippen molar-refractivity contribution >= 4 is 23.2 Å². The van der Waals surface area contributed by atoms with Gasteiger partial charge in [-0.05, 0) is 36.3 Å². The first-order chi connectivity index (χ1) is 10.6. The van der Waals surface area contributed by atoms with Crippen molar-refractivity contribution in [2.75, 3.05) is 17.7 Å². The maximum atomic E-state index is 12.0. The highest BCUT2D eigenvalue weighted by Crippen LogP contribution is 2.46. The molecule has 2 aliphatic rings. The van der Waals surface area contributed by atoms with E-state index in [0.717, 1.165) is 11.3 Å². The molecule has 1 aliphatic heterocycles. The molecule has 1 unspecified atom stereocenters. The predicted octanol–water partition coefficient (Wildman–Crippen LogP) is 3.27. The molecule has 118 valence electrons. The Balaban J connectivity index is 2.02. The molecule has 0 aromatic heterocycles. The molecule has 1 atom stereocenters. The van der Waals surface area contributed by atoms with E-state index in [1.165, 1.54) is 32.6 Å². The number of amides is 2. The number of rotatable bonds is 3. The Hall–Kier alpha value is -2.04. The lowest BCUT2D eigenvalue weighted by Gasteiger charge is -2.31. The lowest BCUT2D eigenvalue weighted by atomic mass is 9.79. The quantitative estimate of drug-likeness (QED) is 0.900. The lowest BCUT2D eigenvalue weighted by molar-refractivity contribution is -0.117. The minimum absolute atomic E-state index is 0.0683. The highest BCUT2D eigenvalue weighted by Gasteiger charge is 2.34. The van der Waals surface area contributed by atoms with E-state index < -0.39 is 0 Å². The zero-order valence-corrected chi connectivity index (χ0v) is 13.1. The average Bonchev–Trinajstić information content (AvgIpc) is 2.99. The lowest BCUT2D eigenvalue weighted by Crippen LogP contribution is -2.26. The van der Waals surface area contributed by atoms with E-state index in [1.807, 2.05) is 12.1 Å². The number of methoxy groups -OCH3 is 1. The van der Waals surface area contributed by atoms with Crippen molar-refractivity contribution in [3.63, 3.8) is 0 Å². The van der Waals surface area contributed by atoms with E-state index in [9.17, 15) is 9.59 Å². The number of benzene rings is 1. The van der Waals surface area contributed by atoms with Crippen LogP contribution < -0.4 is 15.4 Å². The number of ether oxygens (including phenoxy) is 1. The summed E-state index contributed by atoms with van der Waals surface area (Å²) < 4.78 is 5.34. The van der Waals surface area contributed by atoms with Gasteiger partial charge in [-0.25, -0.2) is 0 Å². The summed E-state index contributed by atoms with van der Waals surface area (Å²) in [5.41, 5.74) is 2.61. The molecule has 1 saturated carbocycles. The van der Waals surface area contributed by atoms with Gasteiger partial charge in [0, 0.05) is 25.1 Å². The Bertz CT molecular complexity index is 606. The summed E-state index contributed by atoms with van der Waals surface area (Å²) in [5, 5.41) is 5.76. The van der Waals surface area contributed by atoms with E-state index >= 15 is 0 Å². The number of hydrogen-bond donors (Lipinski definition) is 2. The Labute approximate surface area is 130 Å². The first-order valence-corrected chi connectivity index (χ1v) is 7.88. The number of carbonyl (C=O) groups is 2. The van der Waals surface area contributed by atoms with Gasteiger partial charge in [0.15, 0.2) is 0 Å². The van der Waals surface area contributed by atoms with Crippen LogP contribution >= 0.6 is 0 Å². The maximum Gasteiger partial charge on any atom is 0.225 e. The van der Waals surface area contributed by atoms with Gasteiger partial charge in [-0.3, -0.25) is 9.59 Å². The van der Waals surface area contributed by atoms with Crippen molar-refractivity contribution in [2.45, 2.75) is 44.9 Å². The molecule has 2 amide bonds. The van der Waals surface area contributed by atoms with Crippen molar-refractivity contribution in [3.8, 4) is 5.75 Å². The third-order valence-electron chi connectivity index (χ3n) is 4.73. The van der Waals surface area contributed by atoms with Gasteiger partial charge in [-0.2, -0.15) is 0 Å². The Morgan fingerprint density at radius 1 is 1.32 bits per heavy atom. The number of anilines is 2. The molecule has 5 heteroatoms. The normalized spacial score (nSPS) is 21.2. The molecule has 1 aromatic rings. The van der Waals surface area contributed by atoms with Crippen LogP contribution in [0.2, 0.25) is 0 Å². The van der Waals surface area contributed by atoms with Gasteiger partial charge in [-0.15, -0.1) is 0 Å². The third-order valence-corrected chi connectivity index (χ3v) is 4.73. The Kier molecular flexibility index (Phi) is 4.05. The number of carbonyl (C=O) groups excluding carboxylic acids is 2. The van der Waals surface area contributed by atoms with Crippen molar-refractivity contribution < 1.29 is 14.3 Å². The fourth-order valence-electron chi connectivity index (χ4n) is 3.76. The summed E-state index contributed by atoms with van der Waals surface area (Å²) in [7, 11) is 1.56. The Morgan fingerprint density at radius 2 is 2.05 bits per heavy atom. The smallest absolute Gasteiger partial charge is 0.225 e. The van der Waals surface area contributed by atoms with Crippen LogP contribution in [0.3, 0.4) is 0 Å². The number of nitrogens with one attached hydrogen (secondary N) is 2. The topological polar surface area (TPSA) is 67.4 Å². The van der Waals surface area contributed by atoms with Crippen LogP contribution in [-0.4, -0.2) is 18.9 Å². The fraction of sp³-hybridized carbons (Fsp3) is 0.529. The molecule has 0 saturated heterocycles. The molecule has 0 radical (unpaired) electrons. The van der Waals surface area contributed by atoms with Crippen LogP contribution in [-0.2, 0) is 9.59 Å². The standard InChI is InChI=1S/C17H22N2O3/c1-10(20)18-15-7-13-12(11-5-3-4-6-11)8-17(21)19-14(13)9-16(15)22-2/h7,9,11-12H,3-6,8H2,1-2H3,(H,18,20)(H,19,21). The molecular weight excluding hydrogens is 280 g/mol. The molecule has 1 heterocycles. The van der Waals surface area contributed by atoms with Crippen molar-refractivity contribution in [2.24, 2.45) is 5.92 Å². The van der Waals surface area contributed by atoms with Crippen LogP contribution in [0.15, 0.2) is 12.1 Å². The summed E-state index contributed by atoms with van der Waals surface area (Å²) in [6, 6.07) is 3.79. The Morgan fingerprint density at radius 3 is 2.68 bits per heavy atom. The average molecular weight is 302 g/mol. The largest absolute Gasteiger partial charge is 0.494 e. The maximum absolute atomic E-state index is 12.0. The van der Waals surface area contributed by atoms with Gasteiger partial charge < -0.3 is 15.4 Å². The second-order valence-corrected chi connectivity index (χ2v) is 6.22. The van der Waals surface area contributed by atoms with Crippen LogP contribution in [0.1, 0.15) is 50.5 Å². The highest BCUT2D eigenvalue weighted by molar-refractivity contribution is 5.97.